The first kappa shape index (κ1) is 10.7. The fourth-order valence-corrected chi connectivity index (χ4v) is 2.37. The molecule has 0 spiro atoms. The number of rotatable bonds is 2. The van der Waals surface area contributed by atoms with Gasteiger partial charge in [0.1, 0.15) is 10.2 Å². The molecule has 0 unspecified atom stereocenters. The summed E-state index contributed by atoms with van der Waals surface area (Å²) in [6, 6.07) is 1.66. The van der Waals surface area contributed by atoms with Crippen LogP contribution in [-0.2, 0) is 7.05 Å². The van der Waals surface area contributed by atoms with Crippen LogP contribution in [0.4, 0.5) is 0 Å². The smallest absolute Gasteiger partial charge is 0.224 e. The van der Waals surface area contributed by atoms with E-state index in [1.807, 2.05) is 13.2 Å². The first-order chi connectivity index (χ1) is 7.13. The third-order valence-corrected chi connectivity index (χ3v) is 2.78. The van der Waals surface area contributed by atoms with Gasteiger partial charge in [-0.25, -0.2) is 9.97 Å². The van der Waals surface area contributed by atoms with Crippen molar-refractivity contribution in [2.75, 3.05) is 0 Å². The van der Waals surface area contributed by atoms with Crippen molar-refractivity contribution in [3.63, 3.8) is 0 Å². The van der Waals surface area contributed by atoms with Gasteiger partial charge in [0.05, 0.1) is 11.1 Å². The minimum Gasteiger partial charge on any atom is -0.275 e. The second kappa shape index (κ2) is 4.38. The molecular weight excluding hydrogens is 255 g/mol. The summed E-state index contributed by atoms with van der Waals surface area (Å²) in [5.74, 6) is 0. The molecular formula is C8H6Cl2N4S. The number of aromatic nitrogens is 4. The Kier molecular flexibility index (Phi) is 3.14. The van der Waals surface area contributed by atoms with E-state index in [0.29, 0.717) is 10.2 Å². The summed E-state index contributed by atoms with van der Waals surface area (Å²) in [7, 11) is 1.85. The molecule has 7 heteroatoms. The topological polar surface area (TPSA) is 43.6 Å². The summed E-state index contributed by atoms with van der Waals surface area (Å²) in [5, 5.41) is 5.23. The predicted octanol–water partition coefficient (Wildman–Crippen LogP) is 2.67. The van der Waals surface area contributed by atoms with Gasteiger partial charge < -0.3 is 0 Å². The maximum absolute atomic E-state index is 5.75. The van der Waals surface area contributed by atoms with Crippen LogP contribution < -0.4 is 0 Å². The summed E-state index contributed by atoms with van der Waals surface area (Å²) < 4.78 is 1.72. The standard InChI is InChI=1S/C8H6Cl2N4S/c1-14-4-5(3-11-14)15-7-2-6(9)12-8(10)13-7/h2-4H,1H3. The number of hydrogen-bond donors (Lipinski definition) is 0. The van der Waals surface area contributed by atoms with E-state index in [-0.39, 0.29) is 5.28 Å². The van der Waals surface area contributed by atoms with E-state index < -0.39 is 0 Å². The lowest BCUT2D eigenvalue weighted by Gasteiger charge is -1.98. The van der Waals surface area contributed by atoms with E-state index in [4.69, 9.17) is 23.2 Å². The summed E-state index contributed by atoms with van der Waals surface area (Å²) in [5.41, 5.74) is 0. The highest BCUT2D eigenvalue weighted by Gasteiger charge is 2.04. The molecule has 0 aliphatic carbocycles. The van der Waals surface area contributed by atoms with Gasteiger partial charge in [-0.05, 0) is 11.6 Å². The average molecular weight is 261 g/mol. The Morgan fingerprint density at radius 1 is 1.33 bits per heavy atom. The Bertz CT molecular complexity index is 465. The molecule has 2 heterocycles. The van der Waals surface area contributed by atoms with Crippen LogP contribution in [-0.4, -0.2) is 19.7 Å². The van der Waals surface area contributed by atoms with Crippen molar-refractivity contribution in [2.24, 2.45) is 7.05 Å². The molecule has 0 radical (unpaired) electrons. The van der Waals surface area contributed by atoms with Crippen molar-refractivity contribution in [3.05, 3.63) is 28.9 Å². The van der Waals surface area contributed by atoms with Crippen molar-refractivity contribution >= 4 is 35.0 Å². The molecule has 0 atom stereocenters. The zero-order chi connectivity index (χ0) is 10.8. The van der Waals surface area contributed by atoms with Gasteiger partial charge in [-0.15, -0.1) is 0 Å². The molecule has 0 amide bonds. The zero-order valence-electron chi connectivity index (χ0n) is 7.69. The van der Waals surface area contributed by atoms with Gasteiger partial charge in [0.25, 0.3) is 0 Å². The Morgan fingerprint density at radius 2 is 2.13 bits per heavy atom. The van der Waals surface area contributed by atoms with Gasteiger partial charge in [0, 0.05) is 19.3 Å². The molecule has 0 fully saturated rings. The maximum Gasteiger partial charge on any atom is 0.224 e. The van der Waals surface area contributed by atoms with Gasteiger partial charge >= 0.3 is 0 Å². The Balaban J connectivity index is 2.24. The highest BCUT2D eigenvalue weighted by atomic mass is 35.5. The molecule has 15 heavy (non-hydrogen) atoms. The molecule has 2 rings (SSSR count). The van der Waals surface area contributed by atoms with E-state index in [1.165, 1.54) is 11.8 Å². The molecule has 0 aliphatic heterocycles. The molecule has 2 aromatic heterocycles. The molecule has 0 aliphatic rings. The van der Waals surface area contributed by atoms with Crippen LogP contribution in [0, 0.1) is 0 Å². The van der Waals surface area contributed by atoms with E-state index >= 15 is 0 Å². The minimum atomic E-state index is 0.147. The molecule has 0 aromatic carbocycles. The fraction of sp³-hybridized carbons (Fsp3) is 0.125. The lowest BCUT2D eigenvalue weighted by Crippen LogP contribution is -1.86. The summed E-state index contributed by atoms with van der Waals surface area (Å²) >= 11 is 12.9. The molecule has 0 bridgehead atoms. The van der Waals surface area contributed by atoms with Crippen LogP contribution in [0.25, 0.3) is 0 Å². The van der Waals surface area contributed by atoms with Crippen molar-refractivity contribution in [1.29, 1.82) is 0 Å². The van der Waals surface area contributed by atoms with Crippen LogP contribution in [0.2, 0.25) is 10.4 Å². The Hall–Kier alpha value is -0.780. The summed E-state index contributed by atoms with van der Waals surface area (Å²) in [6.45, 7) is 0. The third kappa shape index (κ3) is 2.84. The quantitative estimate of drug-likeness (QED) is 0.615. The third-order valence-electron chi connectivity index (χ3n) is 1.55. The fourth-order valence-electron chi connectivity index (χ4n) is 0.995. The normalized spacial score (nSPS) is 10.6. The summed E-state index contributed by atoms with van der Waals surface area (Å²) in [6.07, 6.45) is 3.63. The minimum absolute atomic E-state index is 0.147. The van der Waals surface area contributed by atoms with Crippen molar-refractivity contribution in [3.8, 4) is 0 Å². The van der Waals surface area contributed by atoms with E-state index in [1.54, 1.807) is 16.9 Å². The highest BCUT2D eigenvalue weighted by molar-refractivity contribution is 7.99. The number of nitrogens with zero attached hydrogens (tertiary/aromatic N) is 4. The molecule has 2 aromatic rings. The van der Waals surface area contributed by atoms with Gasteiger partial charge in [-0.2, -0.15) is 5.10 Å². The number of halogens is 2. The van der Waals surface area contributed by atoms with Gasteiger partial charge in [-0.3, -0.25) is 4.68 Å². The van der Waals surface area contributed by atoms with Gasteiger partial charge in [0.2, 0.25) is 5.28 Å². The molecule has 0 saturated heterocycles. The van der Waals surface area contributed by atoms with Crippen LogP contribution >= 0.6 is 35.0 Å². The van der Waals surface area contributed by atoms with Crippen LogP contribution in [0.15, 0.2) is 28.4 Å². The monoisotopic (exact) mass is 260 g/mol. The highest BCUT2D eigenvalue weighted by Crippen LogP contribution is 2.27. The SMILES string of the molecule is Cn1cc(Sc2cc(Cl)nc(Cl)n2)cn1. The Labute approximate surface area is 101 Å². The largest absolute Gasteiger partial charge is 0.275 e. The predicted molar refractivity (Wildman–Crippen MR) is 59.4 cm³/mol. The average Bonchev–Trinajstić information content (AvgIpc) is 2.49. The first-order valence-electron chi connectivity index (χ1n) is 4.00. The molecule has 4 nitrogen and oxygen atoms in total. The second-order valence-corrected chi connectivity index (χ2v) is 4.57. The number of hydrogen-bond acceptors (Lipinski definition) is 4. The molecule has 78 valence electrons. The Morgan fingerprint density at radius 3 is 2.73 bits per heavy atom. The van der Waals surface area contributed by atoms with Gasteiger partial charge in [0.15, 0.2) is 0 Å². The molecule has 0 N–H and O–H groups in total. The van der Waals surface area contributed by atoms with Gasteiger partial charge in [-0.1, -0.05) is 23.4 Å². The zero-order valence-corrected chi connectivity index (χ0v) is 10.0. The van der Waals surface area contributed by atoms with E-state index in [9.17, 15) is 0 Å². The van der Waals surface area contributed by atoms with Crippen LogP contribution in [0.3, 0.4) is 0 Å². The first-order valence-corrected chi connectivity index (χ1v) is 5.57. The number of aryl methyl sites for hydroxylation is 1. The second-order valence-electron chi connectivity index (χ2n) is 2.75. The lowest BCUT2D eigenvalue weighted by molar-refractivity contribution is 0.766. The molecule has 0 saturated carbocycles. The van der Waals surface area contributed by atoms with Crippen LogP contribution in [0.5, 0.6) is 0 Å². The summed E-state index contributed by atoms with van der Waals surface area (Å²) in [4.78, 5) is 8.78. The van der Waals surface area contributed by atoms with Crippen molar-refractivity contribution in [2.45, 2.75) is 9.92 Å². The van der Waals surface area contributed by atoms with E-state index in [0.717, 1.165) is 4.90 Å². The lowest BCUT2D eigenvalue weighted by atomic mass is 10.7. The van der Waals surface area contributed by atoms with Crippen molar-refractivity contribution < 1.29 is 0 Å². The van der Waals surface area contributed by atoms with Crippen molar-refractivity contribution in [1.82, 2.24) is 19.7 Å². The van der Waals surface area contributed by atoms with E-state index in [2.05, 4.69) is 15.1 Å². The maximum atomic E-state index is 5.75. The van der Waals surface area contributed by atoms with Crippen LogP contribution in [0.1, 0.15) is 0 Å².